The van der Waals surface area contributed by atoms with Gasteiger partial charge in [-0.05, 0) is 34.4 Å². The number of carbonyl (C=O) groups excluding carboxylic acids is 1. The van der Waals surface area contributed by atoms with Gasteiger partial charge in [0.1, 0.15) is 0 Å². The fourth-order valence-electron chi connectivity index (χ4n) is 2.75. The molecular weight excluding hydrogens is 248 g/mol. The van der Waals surface area contributed by atoms with Gasteiger partial charge in [0.25, 0.3) is 0 Å². The molecule has 100 valence electrons. The van der Waals surface area contributed by atoms with E-state index in [1.807, 2.05) is 24.3 Å². The van der Waals surface area contributed by atoms with Crippen molar-refractivity contribution in [2.75, 3.05) is 7.11 Å². The Morgan fingerprint density at radius 1 is 1.05 bits per heavy atom. The minimum Gasteiger partial charge on any atom is -0.465 e. The maximum absolute atomic E-state index is 11.5. The van der Waals surface area contributed by atoms with E-state index in [0.29, 0.717) is 11.5 Å². The third-order valence-electron chi connectivity index (χ3n) is 3.88. The van der Waals surface area contributed by atoms with Crippen LogP contribution in [0.1, 0.15) is 39.9 Å². The van der Waals surface area contributed by atoms with E-state index in [1.165, 1.54) is 23.8 Å². The van der Waals surface area contributed by atoms with Crippen molar-refractivity contribution in [3.05, 3.63) is 70.8 Å². The zero-order chi connectivity index (χ0) is 14.1. The quantitative estimate of drug-likeness (QED) is 0.762. The third-order valence-corrected chi connectivity index (χ3v) is 3.88. The van der Waals surface area contributed by atoms with Gasteiger partial charge in [0, 0.05) is 5.92 Å². The van der Waals surface area contributed by atoms with Gasteiger partial charge < -0.3 is 4.74 Å². The van der Waals surface area contributed by atoms with E-state index in [4.69, 9.17) is 4.74 Å². The molecule has 2 nitrogen and oxygen atoms in total. The van der Waals surface area contributed by atoms with Crippen LogP contribution in [0.15, 0.2) is 48.5 Å². The van der Waals surface area contributed by atoms with Gasteiger partial charge in [0.05, 0.1) is 12.7 Å². The Labute approximate surface area is 118 Å². The van der Waals surface area contributed by atoms with Crippen molar-refractivity contribution >= 4 is 17.6 Å². The molecule has 0 spiro atoms. The minimum absolute atomic E-state index is 0.298. The fourth-order valence-corrected chi connectivity index (χ4v) is 2.75. The molecule has 1 unspecified atom stereocenters. The highest BCUT2D eigenvalue weighted by Gasteiger charge is 2.21. The van der Waals surface area contributed by atoms with Crippen molar-refractivity contribution in [3.63, 3.8) is 0 Å². The van der Waals surface area contributed by atoms with Gasteiger partial charge in [-0.2, -0.15) is 0 Å². The monoisotopic (exact) mass is 264 g/mol. The van der Waals surface area contributed by atoms with Gasteiger partial charge in [-0.1, -0.05) is 49.4 Å². The molecule has 0 N–H and O–H groups in total. The van der Waals surface area contributed by atoms with Crippen LogP contribution in [0, 0.1) is 0 Å². The summed E-state index contributed by atoms with van der Waals surface area (Å²) in [4.78, 5) is 11.5. The second-order valence-corrected chi connectivity index (χ2v) is 5.02. The number of hydrogen-bond donors (Lipinski definition) is 0. The molecule has 0 aromatic heterocycles. The molecule has 0 fully saturated rings. The number of carbonyl (C=O) groups is 1. The Hall–Kier alpha value is -2.35. The predicted octanol–water partition coefficient (Wildman–Crippen LogP) is 4.13. The first-order valence-electron chi connectivity index (χ1n) is 6.70. The van der Waals surface area contributed by atoms with Crippen LogP contribution in [0.3, 0.4) is 0 Å². The van der Waals surface area contributed by atoms with Crippen LogP contribution < -0.4 is 0 Å². The highest BCUT2D eigenvalue weighted by Crippen LogP contribution is 2.41. The zero-order valence-corrected chi connectivity index (χ0v) is 11.6. The molecule has 20 heavy (non-hydrogen) atoms. The van der Waals surface area contributed by atoms with Crippen LogP contribution in [0.25, 0.3) is 11.6 Å². The van der Waals surface area contributed by atoms with Gasteiger partial charge in [-0.3, -0.25) is 0 Å². The average molecular weight is 264 g/mol. The highest BCUT2D eigenvalue weighted by atomic mass is 16.5. The molecule has 1 aliphatic carbocycles. The van der Waals surface area contributed by atoms with E-state index in [9.17, 15) is 4.79 Å². The Bertz CT molecular complexity index is 681. The summed E-state index contributed by atoms with van der Waals surface area (Å²) in [6.07, 6.45) is 2.23. The number of esters is 1. The first-order valence-corrected chi connectivity index (χ1v) is 6.70. The maximum atomic E-state index is 11.5. The van der Waals surface area contributed by atoms with Gasteiger partial charge >= 0.3 is 5.97 Å². The van der Waals surface area contributed by atoms with E-state index in [2.05, 4.69) is 37.3 Å². The molecule has 2 aromatic carbocycles. The smallest absolute Gasteiger partial charge is 0.337 e. The Morgan fingerprint density at radius 2 is 1.75 bits per heavy atom. The van der Waals surface area contributed by atoms with Crippen molar-refractivity contribution in [1.82, 2.24) is 0 Å². The van der Waals surface area contributed by atoms with Crippen LogP contribution in [0.5, 0.6) is 0 Å². The molecule has 0 amide bonds. The van der Waals surface area contributed by atoms with Crippen LogP contribution in [0.2, 0.25) is 0 Å². The number of hydrogen-bond acceptors (Lipinski definition) is 2. The van der Waals surface area contributed by atoms with E-state index < -0.39 is 0 Å². The van der Waals surface area contributed by atoms with Crippen LogP contribution in [0.4, 0.5) is 0 Å². The van der Waals surface area contributed by atoms with E-state index >= 15 is 0 Å². The summed E-state index contributed by atoms with van der Waals surface area (Å²) in [5.74, 6) is 0.0865. The topological polar surface area (TPSA) is 26.3 Å². The first kappa shape index (κ1) is 12.7. The minimum atomic E-state index is -0.298. The summed E-state index contributed by atoms with van der Waals surface area (Å²) in [6.45, 7) is 2.21. The highest BCUT2D eigenvalue weighted by molar-refractivity contribution is 5.93. The summed E-state index contributed by atoms with van der Waals surface area (Å²) in [5.41, 5.74) is 5.68. The molecular formula is C18H16O2. The van der Waals surface area contributed by atoms with Gasteiger partial charge in [0.15, 0.2) is 0 Å². The number of allylic oxidation sites excluding steroid dienone is 1. The number of rotatable bonds is 2. The number of benzene rings is 2. The van der Waals surface area contributed by atoms with Crippen LogP contribution in [-0.4, -0.2) is 13.1 Å². The number of fused-ring (bicyclic) bond motifs is 1. The third kappa shape index (κ3) is 2.03. The molecule has 1 atom stereocenters. The summed E-state index contributed by atoms with van der Waals surface area (Å²) >= 11 is 0. The second-order valence-electron chi connectivity index (χ2n) is 5.02. The summed E-state index contributed by atoms with van der Waals surface area (Å²) in [7, 11) is 1.40. The van der Waals surface area contributed by atoms with E-state index in [-0.39, 0.29) is 5.97 Å². The fraction of sp³-hybridized carbons (Fsp3) is 0.167. The lowest BCUT2D eigenvalue weighted by atomic mass is 9.93. The number of ether oxygens (including phenoxy) is 1. The molecule has 1 aliphatic rings. The van der Waals surface area contributed by atoms with Crippen LogP contribution in [-0.2, 0) is 4.74 Å². The molecule has 3 rings (SSSR count). The number of methoxy groups -OCH3 is 1. The van der Waals surface area contributed by atoms with Gasteiger partial charge in [-0.25, -0.2) is 4.79 Å². The Kier molecular flexibility index (Phi) is 3.15. The van der Waals surface area contributed by atoms with Crippen molar-refractivity contribution in [2.45, 2.75) is 12.8 Å². The van der Waals surface area contributed by atoms with E-state index in [1.54, 1.807) is 0 Å². The lowest BCUT2D eigenvalue weighted by Gasteiger charge is -2.11. The van der Waals surface area contributed by atoms with Crippen molar-refractivity contribution in [3.8, 4) is 0 Å². The Balaban J connectivity index is 1.94. The van der Waals surface area contributed by atoms with Crippen molar-refractivity contribution < 1.29 is 9.53 Å². The molecule has 0 radical (unpaired) electrons. The second kappa shape index (κ2) is 4.97. The maximum Gasteiger partial charge on any atom is 0.337 e. The standard InChI is InChI=1S/C18H16O2/c1-12-16-6-4-3-5-15(16)11-17(12)13-7-9-14(10-8-13)18(19)20-2/h3-12H,1-2H3. The summed E-state index contributed by atoms with van der Waals surface area (Å²) in [6, 6.07) is 16.1. The van der Waals surface area contributed by atoms with E-state index in [0.717, 1.165) is 5.56 Å². The molecule has 0 bridgehead atoms. The van der Waals surface area contributed by atoms with Gasteiger partial charge in [-0.15, -0.1) is 0 Å². The molecule has 0 saturated heterocycles. The van der Waals surface area contributed by atoms with Gasteiger partial charge in [0.2, 0.25) is 0 Å². The molecule has 2 aromatic rings. The summed E-state index contributed by atoms with van der Waals surface area (Å²) in [5, 5.41) is 0. The molecule has 2 heteroatoms. The Morgan fingerprint density at radius 3 is 2.40 bits per heavy atom. The van der Waals surface area contributed by atoms with Crippen molar-refractivity contribution in [1.29, 1.82) is 0 Å². The first-order chi connectivity index (χ1) is 9.70. The molecule has 0 heterocycles. The average Bonchev–Trinajstić information content (AvgIpc) is 2.84. The predicted molar refractivity (Wildman–Crippen MR) is 80.5 cm³/mol. The van der Waals surface area contributed by atoms with Crippen molar-refractivity contribution in [2.24, 2.45) is 0 Å². The van der Waals surface area contributed by atoms with Crippen LogP contribution >= 0.6 is 0 Å². The SMILES string of the molecule is COC(=O)c1ccc(C2=Cc3ccccc3C2C)cc1. The largest absolute Gasteiger partial charge is 0.465 e. The lowest BCUT2D eigenvalue weighted by molar-refractivity contribution is 0.0601. The lowest BCUT2D eigenvalue weighted by Crippen LogP contribution is -2.01. The normalized spacial score (nSPS) is 16.5. The zero-order valence-electron chi connectivity index (χ0n) is 11.6. The molecule has 0 aliphatic heterocycles. The molecule has 0 saturated carbocycles. The summed E-state index contributed by atoms with van der Waals surface area (Å²) < 4.78 is 4.72.